The van der Waals surface area contributed by atoms with E-state index in [0.29, 0.717) is 19.6 Å². The first-order chi connectivity index (χ1) is 14.7. The van der Waals surface area contributed by atoms with Gasteiger partial charge < -0.3 is 10.1 Å². The maximum atomic E-state index is 11.5. The Morgan fingerprint density at radius 3 is 2.63 bits per heavy atom. The molecule has 4 aromatic rings. The van der Waals surface area contributed by atoms with Gasteiger partial charge in [0.05, 0.1) is 18.3 Å². The Labute approximate surface area is 180 Å². The Kier molecular flexibility index (Phi) is 6.00. The molecule has 1 aromatic heterocycles. The molecule has 0 spiro atoms. The standard InChI is InChI=1S/C24H22ClN3O2/c1-26-24(29)12-13-28-23-11-10-19(14-18(23)15-27-28)30-16-17-6-2-3-7-20(17)21-8-4-5-9-22(21)25/h2-11,14-15H,12-13,16H2,1H3,(H,26,29). The van der Waals surface area contributed by atoms with Gasteiger partial charge in [-0.1, -0.05) is 54.1 Å². The van der Waals surface area contributed by atoms with Crippen LogP contribution in [-0.2, 0) is 17.9 Å². The topological polar surface area (TPSA) is 56.2 Å². The average molecular weight is 420 g/mol. The lowest BCUT2D eigenvalue weighted by Gasteiger charge is -2.12. The summed E-state index contributed by atoms with van der Waals surface area (Å²) in [6.45, 7) is 0.965. The second-order valence-corrected chi connectivity index (χ2v) is 7.34. The first kappa shape index (κ1) is 20.0. The van der Waals surface area contributed by atoms with Gasteiger partial charge in [-0.25, -0.2) is 0 Å². The Morgan fingerprint density at radius 1 is 1.07 bits per heavy atom. The molecule has 0 saturated carbocycles. The van der Waals surface area contributed by atoms with E-state index in [9.17, 15) is 4.79 Å². The second kappa shape index (κ2) is 9.01. The third kappa shape index (κ3) is 4.31. The van der Waals surface area contributed by atoms with Gasteiger partial charge in [0.2, 0.25) is 5.91 Å². The van der Waals surface area contributed by atoms with Gasteiger partial charge in [0.25, 0.3) is 0 Å². The van der Waals surface area contributed by atoms with Crippen LogP contribution in [0.5, 0.6) is 5.75 Å². The van der Waals surface area contributed by atoms with E-state index in [1.54, 1.807) is 13.2 Å². The normalized spacial score (nSPS) is 10.9. The highest BCUT2D eigenvalue weighted by Gasteiger charge is 2.10. The van der Waals surface area contributed by atoms with E-state index >= 15 is 0 Å². The van der Waals surface area contributed by atoms with E-state index in [-0.39, 0.29) is 5.91 Å². The number of ether oxygens (including phenoxy) is 1. The number of amides is 1. The zero-order valence-electron chi connectivity index (χ0n) is 16.6. The fourth-order valence-corrected chi connectivity index (χ4v) is 3.65. The molecule has 0 radical (unpaired) electrons. The van der Waals surface area contributed by atoms with Crippen molar-refractivity contribution in [3.05, 3.63) is 83.5 Å². The number of aromatic nitrogens is 2. The molecule has 0 unspecified atom stereocenters. The van der Waals surface area contributed by atoms with E-state index in [0.717, 1.165) is 38.4 Å². The molecule has 0 fully saturated rings. The van der Waals surface area contributed by atoms with Crippen molar-refractivity contribution >= 4 is 28.4 Å². The number of nitrogens with one attached hydrogen (secondary N) is 1. The summed E-state index contributed by atoms with van der Waals surface area (Å²) < 4.78 is 7.92. The van der Waals surface area contributed by atoms with Gasteiger partial charge in [-0.15, -0.1) is 0 Å². The van der Waals surface area contributed by atoms with Crippen LogP contribution < -0.4 is 10.1 Å². The number of fused-ring (bicyclic) bond motifs is 1. The van der Waals surface area contributed by atoms with Crippen molar-refractivity contribution in [1.29, 1.82) is 0 Å². The quantitative estimate of drug-likeness (QED) is 0.455. The predicted octanol–water partition coefficient (Wildman–Crippen LogP) is 5.07. The number of halogens is 1. The highest BCUT2D eigenvalue weighted by molar-refractivity contribution is 6.33. The van der Waals surface area contributed by atoms with Crippen molar-refractivity contribution < 1.29 is 9.53 Å². The third-order valence-electron chi connectivity index (χ3n) is 5.02. The molecule has 30 heavy (non-hydrogen) atoms. The minimum absolute atomic E-state index is 0.00390. The van der Waals surface area contributed by atoms with Crippen LogP contribution in [0.15, 0.2) is 72.9 Å². The molecule has 0 aliphatic carbocycles. The van der Waals surface area contributed by atoms with Crippen LogP contribution in [0.1, 0.15) is 12.0 Å². The van der Waals surface area contributed by atoms with Gasteiger partial charge in [-0.05, 0) is 35.4 Å². The molecule has 6 heteroatoms. The van der Waals surface area contributed by atoms with Gasteiger partial charge in [0.15, 0.2) is 0 Å². The lowest BCUT2D eigenvalue weighted by atomic mass is 10.0. The number of nitrogens with zero attached hydrogens (tertiary/aromatic N) is 2. The summed E-state index contributed by atoms with van der Waals surface area (Å²) in [4.78, 5) is 11.5. The monoisotopic (exact) mass is 419 g/mol. The predicted molar refractivity (Wildman–Crippen MR) is 120 cm³/mol. The summed E-state index contributed by atoms with van der Waals surface area (Å²) in [5, 5.41) is 8.71. The molecule has 0 atom stereocenters. The molecule has 1 heterocycles. The summed E-state index contributed by atoms with van der Waals surface area (Å²) >= 11 is 6.39. The molecule has 0 saturated heterocycles. The number of hydrogen-bond donors (Lipinski definition) is 1. The van der Waals surface area contributed by atoms with Crippen LogP contribution in [0.2, 0.25) is 5.02 Å². The summed E-state index contributed by atoms with van der Waals surface area (Å²) in [6.07, 6.45) is 2.19. The molecule has 152 valence electrons. The van der Waals surface area contributed by atoms with E-state index in [2.05, 4.69) is 16.5 Å². The molecule has 1 amide bonds. The molecule has 0 aliphatic heterocycles. The van der Waals surface area contributed by atoms with Crippen LogP contribution in [0.25, 0.3) is 22.0 Å². The van der Waals surface area contributed by atoms with E-state index in [1.807, 2.05) is 65.3 Å². The lowest BCUT2D eigenvalue weighted by molar-refractivity contribution is -0.120. The largest absolute Gasteiger partial charge is 0.489 e. The first-order valence-electron chi connectivity index (χ1n) is 9.77. The van der Waals surface area contributed by atoms with Crippen LogP contribution in [0, 0.1) is 0 Å². The molecule has 3 aromatic carbocycles. The Bertz CT molecular complexity index is 1190. The van der Waals surface area contributed by atoms with Gasteiger partial charge in [-0.2, -0.15) is 5.10 Å². The van der Waals surface area contributed by atoms with Crippen LogP contribution in [0.3, 0.4) is 0 Å². The summed E-state index contributed by atoms with van der Waals surface area (Å²) in [7, 11) is 1.64. The Balaban J connectivity index is 1.51. The minimum Gasteiger partial charge on any atom is -0.489 e. The molecule has 4 rings (SSSR count). The number of aryl methyl sites for hydroxylation is 1. The van der Waals surface area contributed by atoms with Gasteiger partial charge in [0.1, 0.15) is 12.4 Å². The zero-order chi connectivity index (χ0) is 20.9. The number of benzene rings is 3. The number of hydrogen-bond acceptors (Lipinski definition) is 3. The van der Waals surface area contributed by atoms with Crippen molar-refractivity contribution in [3.8, 4) is 16.9 Å². The fraction of sp³-hybridized carbons (Fsp3) is 0.167. The van der Waals surface area contributed by atoms with Gasteiger partial charge in [0, 0.05) is 29.4 Å². The fourth-order valence-electron chi connectivity index (χ4n) is 3.42. The molecule has 5 nitrogen and oxygen atoms in total. The summed E-state index contributed by atoms with van der Waals surface area (Å²) in [5.41, 5.74) is 4.09. The number of rotatable bonds is 7. The van der Waals surface area contributed by atoms with Crippen LogP contribution >= 0.6 is 11.6 Å². The lowest BCUT2D eigenvalue weighted by Crippen LogP contribution is -2.19. The smallest absolute Gasteiger partial charge is 0.221 e. The summed E-state index contributed by atoms with van der Waals surface area (Å²) in [6, 6.07) is 21.8. The zero-order valence-corrected chi connectivity index (χ0v) is 17.4. The van der Waals surface area contributed by atoms with Crippen molar-refractivity contribution in [1.82, 2.24) is 15.1 Å². The van der Waals surface area contributed by atoms with Crippen molar-refractivity contribution in [2.75, 3.05) is 7.05 Å². The van der Waals surface area contributed by atoms with Crippen LogP contribution in [0.4, 0.5) is 0 Å². The van der Waals surface area contributed by atoms with Gasteiger partial charge in [-0.3, -0.25) is 9.48 Å². The number of carbonyl (C=O) groups excluding carboxylic acids is 1. The summed E-state index contributed by atoms with van der Waals surface area (Å²) in [5.74, 6) is 0.762. The van der Waals surface area contributed by atoms with Crippen molar-refractivity contribution in [3.63, 3.8) is 0 Å². The van der Waals surface area contributed by atoms with E-state index < -0.39 is 0 Å². The van der Waals surface area contributed by atoms with E-state index in [1.165, 1.54) is 0 Å². The maximum Gasteiger partial charge on any atom is 0.221 e. The highest BCUT2D eigenvalue weighted by atomic mass is 35.5. The molecular weight excluding hydrogens is 398 g/mol. The Morgan fingerprint density at radius 2 is 1.83 bits per heavy atom. The minimum atomic E-state index is -0.00390. The second-order valence-electron chi connectivity index (χ2n) is 6.94. The molecule has 0 aliphatic rings. The molecular formula is C24H22ClN3O2. The highest BCUT2D eigenvalue weighted by Crippen LogP contribution is 2.31. The van der Waals surface area contributed by atoms with Gasteiger partial charge >= 0.3 is 0 Å². The molecule has 1 N–H and O–H groups in total. The van der Waals surface area contributed by atoms with Crippen molar-refractivity contribution in [2.24, 2.45) is 0 Å². The third-order valence-corrected chi connectivity index (χ3v) is 5.35. The first-order valence-corrected chi connectivity index (χ1v) is 10.2. The average Bonchev–Trinajstić information content (AvgIpc) is 3.19. The van der Waals surface area contributed by atoms with Crippen molar-refractivity contribution in [2.45, 2.75) is 19.6 Å². The maximum absolute atomic E-state index is 11.5. The Hall–Kier alpha value is -3.31. The SMILES string of the molecule is CNC(=O)CCn1ncc2cc(OCc3ccccc3-c3ccccc3Cl)ccc21. The van der Waals surface area contributed by atoms with Crippen LogP contribution in [-0.4, -0.2) is 22.7 Å². The number of carbonyl (C=O) groups is 1. The van der Waals surface area contributed by atoms with E-state index in [4.69, 9.17) is 16.3 Å². The molecule has 0 bridgehead atoms.